The maximum atomic E-state index is 12.4. The minimum atomic E-state index is 0.0305. The molecule has 0 unspecified atom stereocenters. The van der Waals surface area contributed by atoms with Gasteiger partial charge in [-0.15, -0.1) is 0 Å². The maximum absolute atomic E-state index is 12.4. The molecular formula is C15H15ClN2O. The Labute approximate surface area is 117 Å². The molecule has 1 aromatic heterocycles. The number of rotatable bonds is 4. The highest BCUT2D eigenvalue weighted by molar-refractivity contribution is 6.31. The molecule has 0 fully saturated rings. The molecule has 0 spiro atoms. The topological polar surface area (TPSA) is 42.9 Å². The molecule has 2 rings (SSSR count). The van der Waals surface area contributed by atoms with Gasteiger partial charge in [-0.2, -0.15) is 10.2 Å². The molecule has 0 aliphatic heterocycles. The van der Waals surface area contributed by atoms with Crippen LogP contribution >= 0.6 is 11.6 Å². The summed E-state index contributed by atoms with van der Waals surface area (Å²) in [6.07, 6.45) is 0.981. The summed E-state index contributed by atoms with van der Waals surface area (Å²) in [5.41, 5.74) is 2.97. The average Bonchev–Trinajstić information content (AvgIpc) is 2.41. The molecule has 2 aromatic rings. The van der Waals surface area contributed by atoms with Gasteiger partial charge in [0.25, 0.3) is 0 Å². The highest BCUT2D eigenvalue weighted by atomic mass is 35.5. The number of aromatic nitrogens is 2. The molecule has 0 atom stereocenters. The lowest BCUT2D eigenvalue weighted by Crippen LogP contribution is -2.10. The average molecular weight is 275 g/mol. The molecule has 0 bridgehead atoms. The van der Waals surface area contributed by atoms with Crippen LogP contribution in [0.4, 0.5) is 0 Å². The van der Waals surface area contributed by atoms with E-state index in [0.717, 1.165) is 17.0 Å². The number of halogens is 1. The van der Waals surface area contributed by atoms with Crippen molar-refractivity contribution in [2.75, 3.05) is 0 Å². The Balaban J connectivity index is 2.30. The van der Waals surface area contributed by atoms with Crippen LogP contribution in [0.5, 0.6) is 0 Å². The summed E-state index contributed by atoms with van der Waals surface area (Å²) in [4.78, 5) is 12.4. The van der Waals surface area contributed by atoms with Crippen molar-refractivity contribution in [3.8, 4) is 0 Å². The molecule has 98 valence electrons. The number of ketones is 1. The van der Waals surface area contributed by atoms with Crippen LogP contribution < -0.4 is 0 Å². The van der Waals surface area contributed by atoms with Crippen LogP contribution in [-0.4, -0.2) is 16.0 Å². The van der Waals surface area contributed by atoms with Gasteiger partial charge >= 0.3 is 0 Å². The first-order valence-electron chi connectivity index (χ1n) is 6.21. The second-order valence-corrected chi connectivity index (χ2v) is 4.80. The molecule has 1 aromatic carbocycles. The number of nitrogens with zero attached hydrogens (tertiary/aromatic N) is 2. The van der Waals surface area contributed by atoms with E-state index in [1.807, 2.05) is 32.0 Å². The molecule has 0 aliphatic rings. The minimum absolute atomic E-state index is 0.0305. The van der Waals surface area contributed by atoms with Gasteiger partial charge in [0.15, 0.2) is 5.78 Å². The van der Waals surface area contributed by atoms with E-state index in [0.29, 0.717) is 17.0 Å². The van der Waals surface area contributed by atoms with E-state index in [2.05, 4.69) is 10.2 Å². The lowest BCUT2D eigenvalue weighted by Gasteiger charge is -2.07. The first-order chi connectivity index (χ1) is 9.11. The molecule has 1 heterocycles. The largest absolute Gasteiger partial charge is 0.294 e. The molecule has 0 radical (unpaired) electrons. The Hall–Kier alpha value is -1.74. The van der Waals surface area contributed by atoms with E-state index in [-0.39, 0.29) is 12.2 Å². The Bertz CT molecular complexity index is 611. The maximum Gasteiger partial charge on any atom is 0.169 e. The second-order valence-electron chi connectivity index (χ2n) is 4.39. The summed E-state index contributed by atoms with van der Waals surface area (Å²) < 4.78 is 0. The first kappa shape index (κ1) is 13.7. The van der Waals surface area contributed by atoms with Crippen LogP contribution in [0, 0.1) is 6.92 Å². The molecule has 3 nitrogen and oxygen atoms in total. The number of hydrogen-bond donors (Lipinski definition) is 0. The summed E-state index contributed by atoms with van der Waals surface area (Å²) in [6.45, 7) is 3.80. The zero-order valence-electron chi connectivity index (χ0n) is 11.0. The number of carbonyl (C=O) groups excluding carboxylic acids is 1. The van der Waals surface area contributed by atoms with Gasteiger partial charge in [-0.3, -0.25) is 4.79 Å². The lowest BCUT2D eigenvalue weighted by atomic mass is 10.0. The van der Waals surface area contributed by atoms with Gasteiger partial charge in [0.2, 0.25) is 0 Å². The van der Waals surface area contributed by atoms with Crippen LogP contribution in [0.25, 0.3) is 0 Å². The van der Waals surface area contributed by atoms with Gasteiger partial charge < -0.3 is 0 Å². The summed E-state index contributed by atoms with van der Waals surface area (Å²) in [6, 6.07) is 9.19. The molecule has 0 aliphatic carbocycles. The van der Waals surface area contributed by atoms with Gasteiger partial charge in [-0.05, 0) is 31.0 Å². The quantitative estimate of drug-likeness (QED) is 0.802. The van der Waals surface area contributed by atoms with E-state index in [1.165, 1.54) is 0 Å². The molecule has 4 heteroatoms. The van der Waals surface area contributed by atoms with Gasteiger partial charge in [0, 0.05) is 17.0 Å². The highest BCUT2D eigenvalue weighted by Crippen LogP contribution is 2.18. The zero-order chi connectivity index (χ0) is 13.8. The Morgan fingerprint density at radius 3 is 2.68 bits per heavy atom. The van der Waals surface area contributed by atoms with E-state index < -0.39 is 0 Å². The molecule has 0 amide bonds. The van der Waals surface area contributed by atoms with Crippen molar-refractivity contribution in [2.45, 2.75) is 26.7 Å². The molecule has 0 N–H and O–H groups in total. The third-order valence-electron chi connectivity index (χ3n) is 2.94. The fraction of sp³-hybridized carbons (Fsp3) is 0.267. The van der Waals surface area contributed by atoms with Gasteiger partial charge in [-0.1, -0.05) is 36.7 Å². The van der Waals surface area contributed by atoms with Crippen molar-refractivity contribution in [3.05, 3.63) is 57.9 Å². The monoisotopic (exact) mass is 274 g/mol. The van der Waals surface area contributed by atoms with Crippen LogP contribution in [0.3, 0.4) is 0 Å². The molecule has 19 heavy (non-hydrogen) atoms. The number of carbonyl (C=O) groups is 1. The third kappa shape index (κ3) is 3.18. The normalized spacial score (nSPS) is 10.5. The third-order valence-corrected chi connectivity index (χ3v) is 3.31. The molecule has 0 saturated heterocycles. The van der Waals surface area contributed by atoms with Crippen molar-refractivity contribution in [3.63, 3.8) is 0 Å². The predicted molar refractivity (Wildman–Crippen MR) is 75.6 cm³/mol. The van der Waals surface area contributed by atoms with Crippen LogP contribution in [0.15, 0.2) is 30.3 Å². The van der Waals surface area contributed by atoms with E-state index in [4.69, 9.17) is 11.6 Å². The fourth-order valence-corrected chi connectivity index (χ4v) is 2.13. The standard InChI is InChI=1S/C15H15ClN2O/c1-3-14-12(8-10(2)17-18-14)15(19)9-11-6-4-5-7-13(11)16/h4-8H,3,9H2,1-2H3. The summed E-state index contributed by atoms with van der Waals surface area (Å²) in [7, 11) is 0. The summed E-state index contributed by atoms with van der Waals surface area (Å²) in [5, 5.41) is 8.69. The van der Waals surface area contributed by atoms with Gasteiger partial charge in [0.05, 0.1) is 11.4 Å². The summed E-state index contributed by atoms with van der Waals surface area (Å²) >= 11 is 6.08. The van der Waals surface area contributed by atoms with Crippen molar-refractivity contribution < 1.29 is 4.79 Å². The predicted octanol–water partition coefficient (Wildman–Crippen LogP) is 3.43. The summed E-state index contributed by atoms with van der Waals surface area (Å²) in [5.74, 6) is 0.0305. The molecular weight excluding hydrogens is 260 g/mol. The van der Waals surface area contributed by atoms with E-state index in [1.54, 1.807) is 12.1 Å². The minimum Gasteiger partial charge on any atom is -0.294 e. The molecule has 0 saturated carbocycles. The highest BCUT2D eigenvalue weighted by Gasteiger charge is 2.14. The Morgan fingerprint density at radius 2 is 2.00 bits per heavy atom. The first-order valence-corrected chi connectivity index (χ1v) is 6.59. The Kier molecular flexibility index (Phi) is 4.27. The van der Waals surface area contributed by atoms with Crippen molar-refractivity contribution >= 4 is 17.4 Å². The van der Waals surface area contributed by atoms with Crippen LogP contribution in [-0.2, 0) is 12.8 Å². The second kappa shape index (κ2) is 5.93. The van der Waals surface area contributed by atoms with Crippen molar-refractivity contribution in [2.24, 2.45) is 0 Å². The SMILES string of the molecule is CCc1nnc(C)cc1C(=O)Cc1ccccc1Cl. The smallest absolute Gasteiger partial charge is 0.169 e. The number of aryl methyl sites for hydroxylation is 2. The van der Waals surface area contributed by atoms with Crippen molar-refractivity contribution in [1.82, 2.24) is 10.2 Å². The van der Waals surface area contributed by atoms with Crippen LogP contribution in [0.2, 0.25) is 5.02 Å². The lowest BCUT2D eigenvalue weighted by molar-refractivity contribution is 0.0991. The fourth-order valence-electron chi connectivity index (χ4n) is 1.93. The zero-order valence-corrected chi connectivity index (χ0v) is 11.7. The van der Waals surface area contributed by atoms with Gasteiger partial charge in [0.1, 0.15) is 0 Å². The van der Waals surface area contributed by atoms with E-state index >= 15 is 0 Å². The number of hydrogen-bond acceptors (Lipinski definition) is 3. The van der Waals surface area contributed by atoms with Gasteiger partial charge in [-0.25, -0.2) is 0 Å². The van der Waals surface area contributed by atoms with E-state index in [9.17, 15) is 4.79 Å². The van der Waals surface area contributed by atoms with Crippen LogP contribution in [0.1, 0.15) is 34.2 Å². The Morgan fingerprint density at radius 1 is 1.26 bits per heavy atom. The number of Topliss-reactive ketones (excluding diaryl/α,β-unsaturated/α-hetero) is 1. The number of benzene rings is 1. The van der Waals surface area contributed by atoms with Crippen molar-refractivity contribution in [1.29, 1.82) is 0 Å².